The van der Waals surface area contributed by atoms with Gasteiger partial charge in [-0.15, -0.1) is 0 Å². The number of hydrogen-bond acceptors (Lipinski definition) is 1. The molecule has 1 nitrogen and oxygen atoms in total. The van der Waals surface area contributed by atoms with Gasteiger partial charge >= 0.3 is 0 Å². The van der Waals surface area contributed by atoms with Crippen molar-refractivity contribution < 1.29 is 4.39 Å². The molecular weight excluding hydrogens is 329 g/mol. The zero-order valence-corrected chi connectivity index (χ0v) is 14.6. The van der Waals surface area contributed by atoms with Gasteiger partial charge in [-0.05, 0) is 65.7 Å². The highest BCUT2D eigenvalue weighted by molar-refractivity contribution is 9.10. The van der Waals surface area contributed by atoms with Gasteiger partial charge in [-0.3, -0.25) is 0 Å². The second-order valence-electron chi connectivity index (χ2n) is 6.23. The van der Waals surface area contributed by atoms with Crippen molar-refractivity contribution in [3.05, 3.63) is 34.1 Å². The van der Waals surface area contributed by atoms with E-state index in [1.807, 2.05) is 12.1 Å². The largest absolute Gasteiger partial charge is 0.313 e. The van der Waals surface area contributed by atoms with Gasteiger partial charge in [-0.2, -0.15) is 0 Å². The van der Waals surface area contributed by atoms with Crippen molar-refractivity contribution in [2.45, 2.75) is 64.3 Å². The molecule has 1 aliphatic rings. The zero-order valence-electron chi connectivity index (χ0n) is 13.0. The van der Waals surface area contributed by atoms with Gasteiger partial charge in [0.25, 0.3) is 0 Å². The van der Waals surface area contributed by atoms with E-state index in [-0.39, 0.29) is 5.82 Å². The van der Waals surface area contributed by atoms with Gasteiger partial charge in [0.15, 0.2) is 0 Å². The molecule has 2 rings (SSSR count). The van der Waals surface area contributed by atoms with Gasteiger partial charge in [0.1, 0.15) is 5.82 Å². The lowest BCUT2D eigenvalue weighted by atomic mass is 9.87. The summed E-state index contributed by atoms with van der Waals surface area (Å²) in [5, 5.41) is 3.72. The van der Waals surface area contributed by atoms with Gasteiger partial charge in [0.2, 0.25) is 0 Å². The van der Waals surface area contributed by atoms with E-state index >= 15 is 0 Å². The molecule has 1 aromatic carbocycles. The third kappa shape index (κ3) is 5.07. The van der Waals surface area contributed by atoms with E-state index in [0.29, 0.717) is 10.5 Å². The Balaban J connectivity index is 2.09. The molecule has 1 atom stereocenters. The molecule has 0 amide bonds. The predicted molar refractivity (Wildman–Crippen MR) is 91.1 cm³/mol. The van der Waals surface area contributed by atoms with Crippen LogP contribution >= 0.6 is 15.9 Å². The molecule has 1 unspecified atom stereocenters. The molecule has 0 bridgehead atoms. The minimum atomic E-state index is -0.150. The molecule has 0 radical (unpaired) electrons. The van der Waals surface area contributed by atoms with E-state index in [4.69, 9.17) is 0 Å². The van der Waals surface area contributed by atoms with E-state index in [1.165, 1.54) is 44.6 Å². The maximum absolute atomic E-state index is 13.7. The fourth-order valence-corrected chi connectivity index (χ4v) is 3.82. The lowest BCUT2D eigenvalue weighted by Crippen LogP contribution is -2.38. The van der Waals surface area contributed by atoms with Crippen LogP contribution in [0.5, 0.6) is 0 Å². The number of halogens is 2. The van der Waals surface area contributed by atoms with Gasteiger partial charge in [-0.1, -0.05) is 44.7 Å². The lowest BCUT2D eigenvalue weighted by Gasteiger charge is -2.28. The predicted octanol–water partition coefficient (Wildman–Crippen LogP) is 5.47. The smallest absolute Gasteiger partial charge is 0.137 e. The SMILES string of the molecule is CCCNC(Cc1cccc(F)c1Br)C1CCCCCC1. The summed E-state index contributed by atoms with van der Waals surface area (Å²) in [6.07, 6.45) is 10.1. The zero-order chi connectivity index (χ0) is 15.1. The summed E-state index contributed by atoms with van der Waals surface area (Å²) in [5.41, 5.74) is 1.09. The molecule has 0 saturated heterocycles. The second-order valence-corrected chi connectivity index (χ2v) is 7.02. The molecular formula is C18H27BrFN. The third-order valence-electron chi connectivity index (χ3n) is 4.60. The Bertz CT molecular complexity index is 427. The number of nitrogens with one attached hydrogen (secondary N) is 1. The quantitative estimate of drug-likeness (QED) is 0.667. The van der Waals surface area contributed by atoms with Crippen LogP contribution in [-0.4, -0.2) is 12.6 Å². The Hall–Kier alpha value is -0.410. The van der Waals surface area contributed by atoms with Crippen LogP contribution in [0.2, 0.25) is 0 Å². The van der Waals surface area contributed by atoms with Crippen molar-refractivity contribution >= 4 is 15.9 Å². The first kappa shape index (κ1) is 17.0. The fraction of sp³-hybridized carbons (Fsp3) is 0.667. The molecule has 1 saturated carbocycles. The van der Waals surface area contributed by atoms with Crippen molar-refractivity contribution in [2.75, 3.05) is 6.54 Å². The van der Waals surface area contributed by atoms with E-state index in [1.54, 1.807) is 0 Å². The summed E-state index contributed by atoms with van der Waals surface area (Å²) >= 11 is 3.41. The van der Waals surface area contributed by atoms with Crippen LogP contribution < -0.4 is 5.32 Å². The van der Waals surface area contributed by atoms with E-state index in [0.717, 1.165) is 30.9 Å². The number of benzene rings is 1. The highest BCUT2D eigenvalue weighted by Gasteiger charge is 2.23. The van der Waals surface area contributed by atoms with Gasteiger partial charge in [0.05, 0.1) is 4.47 Å². The summed E-state index contributed by atoms with van der Waals surface area (Å²) in [6, 6.07) is 5.86. The maximum Gasteiger partial charge on any atom is 0.137 e. The molecule has 1 aliphatic carbocycles. The van der Waals surface area contributed by atoms with Crippen molar-refractivity contribution in [1.29, 1.82) is 0 Å². The third-order valence-corrected chi connectivity index (χ3v) is 5.48. The van der Waals surface area contributed by atoms with Gasteiger partial charge in [0, 0.05) is 6.04 Å². The molecule has 21 heavy (non-hydrogen) atoms. The van der Waals surface area contributed by atoms with E-state index in [9.17, 15) is 4.39 Å². The van der Waals surface area contributed by atoms with Gasteiger partial charge in [-0.25, -0.2) is 4.39 Å². The van der Waals surface area contributed by atoms with Gasteiger partial charge < -0.3 is 5.32 Å². The Labute approximate surface area is 136 Å². The van der Waals surface area contributed by atoms with Crippen molar-refractivity contribution in [3.8, 4) is 0 Å². The first-order valence-corrected chi connectivity index (χ1v) is 9.18. The standard InChI is InChI=1S/C18H27BrFN/c1-2-12-21-17(14-8-5-3-4-6-9-14)13-15-10-7-11-16(20)18(15)19/h7,10-11,14,17,21H,2-6,8-9,12-13H2,1H3. The first-order valence-electron chi connectivity index (χ1n) is 8.38. The average Bonchev–Trinajstić information content (AvgIpc) is 2.77. The minimum absolute atomic E-state index is 0.150. The molecule has 0 heterocycles. The molecule has 1 fully saturated rings. The molecule has 0 aromatic heterocycles. The molecule has 3 heteroatoms. The van der Waals surface area contributed by atoms with Crippen LogP contribution in [-0.2, 0) is 6.42 Å². The van der Waals surface area contributed by atoms with Crippen LogP contribution in [0.1, 0.15) is 57.4 Å². The van der Waals surface area contributed by atoms with Crippen molar-refractivity contribution in [1.82, 2.24) is 5.32 Å². The average molecular weight is 356 g/mol. The second kappa shape index (κ2) is 8.89. The monoisotopic (exact) mass is 355 g/mol. The molecule has 0 spiro atoms. The summed E-state index contributed by atoms with van der Waals surface area (Å²) in [7, 11) is 0. The molecule has 0 aliphatic heterocycles. The van der Waals surface area contributed by atoms with Crippen LogP contribution in [0.25, 0.3) is 0 Å². The van der Waals surface area contributed by atoms with Crippen molar-refractivity contribution in [2.24, 2.45) is 5.92 Å². The van der Waals surface area contributed by atoms with Crippen molar-refractivity contribution in [3.63, 3.8) is 0 Å². The number of rotatable bonds is 6. The van der Waals surface area contributed by atoms with E-state index in [2.05, 4.69) is 28.2 Å². The normalized spacial score (nSPS) is 18.4. The van der Waals surface area contributed by atoms with Crippen LogP contribution in [0.15, 0.2) is 22.7 Å². The first-order chi connectivity index (χ1) is 10.2. The molecule has 1 N–H and O–H groups in total. The Kier molecular flexibility index (Phi) is 7.18. The summed E-state index contributed by atoms with van der Waals surface area (Å²) in [5.74, 6) is 0.580. The maximum atomic E-state index is 13.7. The fourth-order valence-electron chi connectivity index (χ4n) is 3.39. The Morgan fingerprint density at radius 3 is 2.62 bits per heavy atom. The van der Waals surface area contributed by atoms with Crippen LogP contribution in [0.3, 0.4) is 0 Å². The highest BCUT2D eigenvalue weighted by Crippen LogP contribution is 2.29. The van der Waals surface area contributed by atoms with Crippen LogP contribution in [0, 0.1) is 11.7 Å². The molecule has 1 aromatic rings. The number of hydrogen-bond donors (Lipinski definition) is 1. The summed E-state index contributed by atoms with van der Waals surface area (Å²) < 4.78 is 14.4. The summed E-state index contributed by atoms with van der Waals surface area (Å²) in [6.45, 7) is 3.25. The topological polar surface area (TPSA) is 12.0 Å². The Morgan fingerprint density at radius 2 is 1.95 bits per heavy atom. The van der Waals surface area contributed by atoms with Crippen LogP contribution in [0.4, 0.5) is 4.39 Å². The van der Waals surface area contributed by atoms with E-state index < -0.39 is 0 Å². The molecule has 118 valence electrons. The highest BCUT2D eigenvalue weighted by atomic mass is 79.9. The summed E-state index contributed by atoms with van der Waals surface area (Å²) in [4.78, 5) is 0. The minimum Gasteiger partial charge on any atom is -0.313 e. The lowest BCUT2D eigenvalue weighted by molar-refractivity contribution is 0.317. The Morgan fingerprint density at radius 1 is 1.24 bits per heavy atom.